The van der Waals surface area contributed by atoms with Crippen molar-refractivity contribution in [3.63, 3.8) is 0 Å². The van der Waals surface area contributed by atoms with Gasteiger partial charge in [0.15, 0.2) is 0 Å². The highest BCUT2D eigenvalue weighted by Crippen LogP contribution is 2.82. The number of hydrogen-bond donors (Lipinski definition) is 2. The van der Waals surface area contributed by atoms with E-state index < -0.39 is 79.7 Å². The molecule has 67 heavy (non-hydrogen) atoms. The number of rotatable bonds is 12. The molecule has 2 aromatic rings. The zero-order valence-corrected chi connectivity index (χ0v) is 40.4. The van der Waals surface area contributed by atoms with Crippen LogP contribution in [0.5, 0.6) is 0 Å². The Morgan fingerprint density at radius 1 is 0.657 bits per heavy atom. The smallest absolute Gasteiger partial charge is 0.345 e. The standard InChI is InChI=1S/C17H16F2N2O3.C9H8F2N2.C9H21O6P3.C8H10O4/c1-24-15(23)17-7-16(8-17,9-17)14(22)21-13(2-3-20-21)10-4-11(18)6-12(19)5-10;10-7-3-6(4-8(11)5-7)9-1-2-12-13-9;1-4-7-16(10)13-17(11,8-5-2)15-18(12,14-16)9-6-3;1-12-6(11)8-2-7(3-8,4-8)5(9)10/h3-6,13H,2,7-9H2,1H3;2-5,9,13H,1H2;4-9H2,1-3H3;2-4H2,1H3,(H,9,10). The molecule has 2 aromatic carbocycles. The number of hydrogen-bond acceptors (Lipinski definition) is 15. The molecule has 2 atom stereocenters. The molecule has 2 N–H and O–H groups in total. The van der Waals surface area contributed by atoms with Gasteiger partial charge >= 0.3 is 40.7 Å². The summed E-state index contributed by atoms with van der Waals surface area (Å²) in [4.78, 5) is 46.4. The second kappa shape index (κ2) is 20.0. The number of esters is 2. The fraction of sp³-hybridized carbons (Fsp3) is 0.581. The summed E-state index contributed by atoms with van der Waals surface area (Å²) in [5.41, 5.74) is 1.64. The van der Waals surface area contributed by atoms with Crippen molar-refractivity contribution in [3.05, 3.63) is 70.8 Å². The van der Waals surface area contributed by atoms with Crippen molar-refractivity contribution in [2.45, 2.75) is 103 Å². The van der Waals surface area contributed by atoms with Crippen LogP contribution in [-0.2, 0) is 55.3 Å². The molecule has 1 saturated heterocycles. The van der Waals surface area contributed by atoms with Crippen molar-refractivity contribution in [3.8, 4) is 0 Å². The molecule has 3 heterocycles. The highest BCUT2D eigenvalue weighted by molar-refractivity contribution is 7.80. The summed E-state index contributed by atoms with van der Waals surface area (Å²) in [6.07, 6.45) is 9.08. The SMILES string of the molecule is CCCP1(=O)OP(=O)(CCC)OP(=O)(CCC)O1.COC(=O)C12CC(C(=O)N3N=CCC3c3cc(F)cc(F)c3)(C1)C2.COC(=O)C12CC(C(=O)O)(C1)C2.Fc1cc(F)cc(C2CC=NN2)c1. The maximum Gasteiger partial charge on any atom is 0.345 e. The monoisotopic (exact) mass is 1000 g/mol. The van der Waals surface area contributed by atoms with Gasteiger partial charge in [-0.15, -0.1) is 0 Å². The number of carbonyl (C=O) groups excluding carboxylic acids is 3. The summed E-state index contributed by atoms with van der Waals surface area (Å²) in [6, 6.07) is 6.13. The fourth-order valence-electron chi connectivity index (χ4n) is 9.81. The lowest BCUT2D eigenvalue weighted by molar-refractivity contribution is -0.232. The summed E-state index contributed by atoms with van der Waals surface area (Å²) in [5, 5.41) is 18.0. The number of carboxylic acids is 1. The largest absolute Gasteiger partial charge is 0.481 e. The maximum atomic E-state index is 13.5. The Morgan fingerprint density at radius 3 is 1.42 bits per heavy atom. The molecule has 6 aliphatic carbocycles. The van der Waals surface area contributed by atoms with Gasteiger partial charge in [0.05, 0.1) is 66.4 Å². The number of benzene rings is 2. The predicted molar refractivity (Wildman–Crippen MR) is 235 cm³/mol. The molecule has 3 aliphatic heterocycles. The number of nitrogens with zero attached hydrogens (tertiary/aromatic N) is 3. The third kappa shape index (κ3) is 10.8. The summed E-state index contributed by atoms with van der Waals surface area (Å²) in [6.45, 7) is 5.41. The second-order valence-corrected chi connectivity index (χ2v) is 25.0. The third-order valence-corrected chi connectivity index (χ3v) is 21.7. The molecule has 17 nitrogen and oxygen atoms in total. The van der Waals surface area contributed by atoms with Crippen LogP contribution in [0.25, 0.3) is 0 Å². The molecule has 9 aliphatic rings. The number of methoxy groups -OCH3 is 2. The Kier molecular flexibility index (Phi) is 15.6. The van der Waals surface area contributed by atoms with E-state index in [1.807, 2.05) is 0 Å². The molecule has 6 saturated carbocycles. The van der Waals surface area contributed by atoms with Crippen molar-refractivity contribution in [2.24, 2.45) is 31.9 Å². The molecule has 4 bridgehead atoms. The minimum Gasteiger partial charge on any atom is -0.481 e. The molecule has 1 amide bonds. The number of carboxylic acid groups (broad SMARTS) is 1. The van der Waals surface area contributed by atoms with E-state index in [1.54, 1.807) is 33.2 Å². The van der Waals surface area contributed by atoms with Gasteiger partial charge < -0.3 is 20.0 Å². The van der Waals surface area contributed by atoms with Crippen molar-refractivity contribution >= 4 is 59.0 Å². The van der Waals surface area contributed by atoms with E-state index in [4.69, 9.17) is 22.8 Å². The van der Waals surface area contributed by atoms with Crippen molar-refractivity contribution in [1.29, 1.82) is 0 Å². The Labute approximate surface area is 385 Å². The third-order valence-electron chi connectivity index (χ3n) is 12.7. The average Bonchev–Trinajstić information content (AvgIpc) is 3.89. The van der Waals surface area contributed by atoms with Gasteiger partial charge in [0.2, 0.25) is 5.91 Å². The first-order valence-corrected chi connectivity index (χ1v) is 27.0. The first-order chi connectivity index (χ1) is 31.5. The summed E-state index contributed by atoms with van der Waals surface area (Å²) < 4.78 is 114. The van der Waals surface area contributed by atoms with Crippen LogP contribution in [-0.4, -0.2) is 79.1 Å². The lowest BCUT2D eigenvalue weighted by Crippen LogP contribution is -2.70. The maximum absolute atomic E-state index is 13.5. The lowest BCUT2D eigenvalue weighted by atomic mass is 9.34. The van der Waals surface area contributed by atoms with Gasteiger partial charge in [-0.25, -0.2) is 35.5 Å². The molecule has 368 valence electrons. The summed E-state index contributed by atoms with van der Waals surface area (Å²) >= 11 is 0. The number of aliphatic carboxylic acids is 1. The van der Waals surface area contributed by atoms with Crippen LogP contribution in [0.4, 0.5) is 17.6 Å². The molecule has 7 fully saturated rings. The number of hydrazone groups is 2. The minimum atomic E-state index is -3.57. The highest BCUT2D eigenvalue weighted by Gasteiger charge is 2.77. The zero-order valence-electron chi connectivity index (χ0n) is 37.7. The van der Waals surface area contributed by atoms with Crippen LogP contribution in [0.3, 0.4) is 0 Å². The Bertz CT molecular complexity index is 2310. The average molecular weight is 1000 g/mol. The van der Waals surface area contributed by atoms with Crippen LogP contribution in [0.1, 0.15) is 115 Å². The molecular formula is C43H55F4N4O13P3. The predicted octanol–water partition coefficient (Wildman–Crippen LogP) is 9.83. The van der Waals surface area contributed by atoms with E-state index in [2.05, 4.69) is 20.4 Å². The van der Waals surface area contributed by atoms with Gasteiger partial charge in [-0.2, -0.15) is 10.2 Å². The van der Waals surface area contributed by atoms with Crippen LogP contribution in [0, 0.1) is 44.9 Å². The van der Waals surface area contributed by atoms with E-state index in [1.165, 1.54) is 43.5 Å². The molecule has 2 unspecified atom stereocenters. The highest BCUT2D eigenvalue weighted by atomic mass is 31.3. The molecule has 24 heteroatoms. The van der Waals surface area contributed by atoms with Crippen LogP contribution in [0.15, 0.2) is 46.6 Å². The zero-order chi connectivity index (χ0) is 49.2. The Hall–Kier alpha value is -4.25. The van der Waals surface area contributed by atoms with E-state index >= 15 is 0 Å². The normalized spacial score (nSPS) is 34.3. The Morgan fingerprint density at radius 2 is 1.06 bits per heavy atom. The van der Waals surface area contributed by atoms with Gasteiger partial charge in [-0.1, -0.05) is 20.8 Å². The van der Waals surface area contributed by atoms with Gasteiger partial charge in [0.1, 0.15) is 23.3 Å². The number of nitrogens with one attached hydrogen (secondary N) is 1. The van der Waals surface area contributed by atoms with Gasteiger partial charge in [0.25, 0.3) is 0 Å². The number of amides is 1. The molecule has 0 aromatic heterocycles. The number of carbonyl (C=O) groups is 4. The molecule has 11 rings (SSSR count). The van der Waals surface area contributed by atoms with Crippen molar-refractivity contribution in [2.75, 3.05) is 32.7 Å². The van der Waals surface area contributed by atoms with Crippen LogP contribution < -0.4 is 5.43 Å². The van der Waals surface area contributed by atoms with Gasteiger partial charge in [-0.3, -0.25) is 32.9 Å². The molecule has 0 radical (unpaired) electrons. The van der Waals surface area contributed by atoms with Crippen molar-refractivity contribution in [1.82, 2.24) is 10.4 Å². The Balaban J connectivity index is 0.000000153. The topological polar surface area (TPSA) is 226 Å². The first-order valence-electron chi connectivity index (χ1n) is 21.9. The summed E-state index contributed by atoms with van der Waals surface area (Å²) in [5.74, 6) is -3.94. The van der Waals surface area contributed by atoms with Crippen LogP contribution >= 0.6 is 22.8 Å². The molecular weight excluding hydrogens is 949 g/mol. The van der Waals surface area contributed by atoms with E-state index in [0.29, 0.717) is 81.8 Å². The quantitative estimate of drug-likeness (QED) is 0.115. The first kappa shape index (κ1) is 52.1. The van der Waals surface area contributed by atoms with Crippen LogP contribution in [0.2, 0.25) is 0 Å². The van der Waals surface area contributed by atoms with Gasteiger partial charge in [-0.05, 0) is 93.2 Å². The lowest BCUT2D eigenvalue weighted by Gasteiger charge is -2.67. The minimum absolute atomic E-state index is 0.0924. The van der Waals surface area contributed by atoms with E-state index in [0.717, 1.165) is 12.1 Å². The van der Waals surface area contributed by atoms with E-state index in [9.17, 15) is 50.4 Å². The van der Waals surface area contributed by atoms with Crippen molar-refractivity contribution < 1.29 is 77.9 Å². The molecule has 0 spiro atoms. The second-order valence-electron chi connectivity index (χ2n) is 18.1. The van der Waals surface area contributed by atoms with Gasteiger partial charge in [0, 0.05) is 37.4 Å². The summed E-state index contributed by atoms with van der Waals surface area (Å²) in [7, 11) is -8.01. The number of halogens is 4. The number of ether oxygens (including phenoxy) is 2. The van der Waals surface area contributed by atoms with E-state index in [-0.39, 0.29) is 42.4 Å². The fourth-order valence-corrected chi connectivity index (χ4v) is 19.1.